The zero-order valence-corrected chi connectivity index (χ0v) is 10.9. The Morgan fingerprint density at radius 3 is 2.74 bits per heavy atom. The molecule has 0 aliphatic carbocycles. The molecule has 1 aromatic rings. The minimum Gasteiger partial charge on any atom is -0.481 e. The highest BCUT2D eigenvalue weighted by atomic mass is 32.2. The van der Waals surface area contributed by atoms with Gasteiger partial charge in [-0.3, -0.25) is 4.79 Å². The molecule has 2 heterocycles. The molecule has 1 saturated heterocycles. The van der Waals surface area contributed by atoms with E-state index in [1.165, 1.54) is 12.4 Å². The molecule has 0 radical (unpaired) electrons. The highest BCUT2D eigenvalue weighted by Crippen LogP contribution is 2.25. The van der Waals surface area contributed by atoms with Gasteiger partial charge in [-0.15, -0.1) is 0 Å². The molecule has 104 valence electrons. The SMILES string of the molecule is NS(=O)(=O)c1nccnc1N1CCC[C@H](C(=O)O)C1. The van der Waals surface area contributed by atoms with E-state index in [4.69, 9.17) is 10.2 Å². The first kappa shape index (κ1) is 13.7. The van der Waals surface area contributed by atoms with Gasteiger partial charge in [0.15, 0.2) is 5.82 Å². The Hall–Kier alpha value is -1.74. The second-order valence-electron chi connectivity index (χ2n) is 4.35. The van der Waals surface area contributed by atoms with Gasteiger partial charge < -0.3 is 10.0 Å². The van der Waals surface area contributed by atoms with Crippen LogP contribution in [0, 0.1) is 5.92 Å². The number of carboxylic acids is 1. The Morgan fingerprint density at radius 2 is 2.11 bits per heavy atom. The number of carbonyl (C=O) groups is 1. The van der Waals surface area contributed by atoms with Crippen LogP contribution in [0.1, 0.15) is 12.8 Å². The molecule has 0 amide bonds. The van der Waals surface area contributed by atoms with E-state index in [1.807, 2.05) is 0 Å². The van der Waals surface area contributed by atoms with Crippen LogP contribution in [0.2, 0.25) is 0 Å². The largest absolute Gasteiger partial charge is 0.481 e. The van der Waals surface area contributed by atoms with Gasteiger partial charge >= 0.3 is 5.97 Å². The second-order valence-corrected chi connectivity index (χ2v) is 5.83. The van der Waals surface area contributed by atoms with E-state index in [1.54, 1.807) is 4.90 Å². The molecule has 0 saturated carbocycles. The molecular weight excluding hydrogens is 272 g/mol. The summed E-state index contributed by atoms with van der Waals surface area (Å²) in [5.74, 6) is -1.31. The third kappa shape index (κ3) is 2.99. The average molecular weight is 286 g/mol. The lowest BCUT2D eigenvalue weighted by Gasteiger charge is -2.31. The van der Waals surface area contributed by atoms with Crippen molar-refractivity contribution < 1.29 is 18.3 Å². The highest BCUT2D eigenvalue weighted by molar-refractivity contribution is 7.89. The lowest BCUT2D eigenvalue weighted by atomic mass is 9.98. The van der Waals surface area contributed by atoms with Crippen molar-refractivity contribution >= 4 is 21.8 Å². The van der Waals surface area contributed by atoms with Gasteiger partial charge in [-0.25, -0.2) is 23.5 Å². The van der Waals surface area contributed by atoms with E-state index in [9.17, 15) is 13.2 Å². The Bertz CT molecular complexity index is 589. The normalized spacial score (nSPS) is 20.3. The smallest absolute Gasteiger partial charge is 0.308 e. The Morgan fingerprint density at radius 1 is 1.42 bits per heavy atom. The quantitative estimate of drug-likeness (QED) is 0.761. The molecule has 1 aromatic heterocycles. The monoisotopic (exact) mass is 286 g/mol. The number of anilines is 1. The van der Waals surface area contributed by atoms with Gasteiger partial charge in [0.25, 0.3) is 10.0 Å². The summed E-state index contributed by atoms with van der Waals surface area (Å²) in [6, 6.07) is 0. The van der Waals surface area contributed by atoms with Gasteiger partial charge in [0.05, 0.1) is 5.92 Å². The number of nitrogens with zero attached hydrogens (tertiary/aromatic N) is 3. The molecule has 0 unspecified atom stereocenters. The van der Waals surface area contributed by atoms with E-state index >= 15 is 0 Å². The van der Waals surface area contributed by atoms with E-state index in [0.717, 1.165) is 0 Å². The van der Waals surface area contributed by atoms with Gasteiger partial charge in [0.1, 0.15) is 0 Å². The van der Waals surface area contributed by atoms with E-state index < -0.39 is 21.9 Å². The molecule has 8 nitrogen and oxygen atoms in total. The molecule has 1 aliphatic rings. The summed E-state index contributed by atoms with van der Waals surface area (Å²) in [5, 5.41) is 13.8. The van der Waals surface area contributed by atoms with Crippen LogP contribution in [0.4, 0.5) is 5.82 Å². The van der Waals surface area contributed by atoms with Crippen molar-refractivity contribution in [2.75, 3.05) is 18.0 Å². The van der Waals surface area contributed by atoms with Gasteiger partial charge in [-0.2, -0.15) is 0 Å². The number of hydrogen-bond acceptors (Lipinski definition) is 6. The predicted octanol–water partition coefficient (Wildman–Crippen LogP) is -0.575. The van der Waals surface area contributed by atoms with Gasteiger partial charge in [0.2, 0.25) is 5.03 Å². The van der Waals surface area contributed by atoms with Crippen LogP contribution in [-0.4, -0.2) is 42.6 Å². The molecule has 3 N–H and O–H groups in total. The standard InChI is InChI=1S/C10H14N4O4S/c11-19(17,18)9-8(12-3-4-13-9)14-5-1-2-7(6-14)10(15)16/h3-4,7H,1-2,5-6H2,(H,15,16)(H2,11,17,18)/t7-/m0/s1. The van der Waals surface area contributed by atoms with Crippen LogP contribution in [0.15, 0.2) is 17.4 Å². The average Bonchev–Trinajstić information content (AvgIpc) is 2.38. The molecule has 1 atom stereocenters. The first-order chi connectivity index (χ1) is 8.89. The summed E-state index contributed by atoms with van der Waals surface area (Å²) in [7, 11) is -3.98. The number of sulfonamides is 1. The summed E-state index contributed by atoms with van der Waals surface area (Å²) in [6.45, 7) is 0.738. The van der Waals surface area contributed by atoms with E-state index in [0.29, 0.717) is 19.4 Å². The summed E-state index contributed by atoms with van der Waals surface area (Å²) in [4.78, 5) is 20.3. The van der Waals surface area contributed by atoms with Gasteiger partial charge in [0, 0.05) is 25.5 Å². The maximum atomic E-state index is 11.4. The number of rotatable bonds is 3. The van der Waals surface area contributed by atoms with Crippen LogP contribution in [0.3, 0.4) is 0 Å². The fourth-order valence-corrected chi connectivity index (χ4v) is 2.75. The van der Waals surface area contributed by atoms with Gasteiger partial charge in [-0.1, -0.05) is 0 Å². The van der Waals surface area contributed by atoms with Crippen molar-refractivity contribution in [3.05, 3.63) is 12.4 Å². The molecular formula is C10H14N4O4S. The number of hydrogen-bond donors (Lipinski definition) is 2. The summed E-state index contributed by atoms with van der Waals surface area (Å²) in [6.07, 6.45) is 3.81. The summed E-state index contributed by atoms with van der Waals surface area (Å²) < 4.78 is 22.9. The fourth-order valence-electron chi connectivity index (χ4n) is 2.11. The number of carboxylic acid groups (broad SMARTS) is 1. The third-order valence-corrected chi connectivity index (χ3v) is 3.81. The highest BCUT2D eigenvalue weighted by Gasteiger charge is 2.29. The number of nitrogens with two attached hydrogens (primary N) is 1. The maximum absolute atomic E-state index is 11.4. The van der Waals surface area contributed by atoms with Crippen molar-refractivity contribution in [1.29, 1.82) is 0 Å². The molecule has 0 spiro atoms. The predicted molar refractivity (Wildman–Crippen MR) is 66.0 cm³/mol. The first-order valence-electron chi connectivity index (χ1n) is 5.71. The molecule has 1 aliphatic heterocycles. The number of aromatic nitrogens is 2. The molecule has 0 bridgehead atoms. The minimum absolute atomic E-state index is 0.121. The third-order valence-electron chi connectivity index (χ3n) is 2.99. The van der Waals surface area contributed by atoms with Crippen LogP contribution in [0.25, 0.3) is 0 Å². The maximum Gasteiger partial charge on any atom is 0.308 e. The topological polar surface area (TPSA) is 126 Å². The van der Waals surface area contributed by atoms with Crippen LogP contribution < -0.4 is 10.0 Å². The molecule has 0 aromatic carbocycles. The number of aliphatic carboxylic acids is 1. The number of piperidine rings is 1. The Balaban J connectivity index is 2.34. The zero-order chi connectivity index (χ0) is 14.0. The second kappa shape index (κ2) is 5.10. The van der Waals surface area contributed by atoms with Crippen molar-refractivity contribution in [2.45, 2.75) is 17.9 Å². The van der Waals surface area contributed by atoms with Crippen LogP contribution in [-0.2, 0) is 14.8 Å². The van der Waals surface area contributed by atoms with Gasteiger partial charge in [-0.05, 0) is 12.8 Å². The lowest BCUT2D eigenvalue weighted by Crippen LogP contribution is -2.40. The van der Waals surface area contributed by atoms with Crippen LogP contribution in [0.5, 0.6) is 0 Å². The molecule has 2 rings (SSSR count). The molecule has 9 heteroatoms. The summed E-state index contributed by atoms with van der Waals surface area (Å²) >= 11 is 0. The van der Waals surface area contributed by atoms with E-state index in [2.05, 4.69) is 9.97 Å². The van der Waals surface area contributed by atoms with E-state index in [-0.39, 0.29) is 17.4 Å². The molecule has 19 heavy (non-hydrogen) atoms. The Labute approximate surface area is 110 Å². The first-order valence-corrected chi connectivity index (χ1v) is 7.26. The van der Waals surface area contributed by atoms with Crippen molar-refractivity contribution in [3.8, 4) is 0 Å². The van der Waals surface area contributed by atoms with Crippen LogP contribution >= 0.6 is 0 Å². The fraction of sp³-hybridized carbons (Fsp3) is 0.500. The minimum atomic E-state index is -3.98. The van der Waals surface area contributed by atoms with Crippen molar-refractivity contribution in [1.82, 2.24) is 9.97 Å². The summed E-state index contributed by atoms with van der Waals surface area (Å²) in [5.41, 5.74) is 0. The van der Waals surface area contributed by atoms with Crippen molar-refractivity contribution in [2.24, 2.45) is 11.1 Å². The Kier molecular flexibility index (Phi) is 3.67. The molecule has 1 fully saturated rings. The lowest BCUT2D eigenvalue weighted by molar-refractivity contribution is -0.141. The zero-order valence-electron chi connectivity index (χ0n) is 10.1. The van der Waals surface area contributed by atoms with Crippen molar-refractivity contribution in [3.63, 3.8) is 0 Å². The number of primary sulfonamides is 1.